The number of carbonyl (C=O) groups excluding carboxylic acids is 1. The molecule has 25 heavy (non-hydrogen) atoms. The van der Waals surface area contributed by atoms with Crippen molar-refractivity contribution in [2.75, 3.05) is 5.32 Å². The smallest absolute Gasteiger partial charge is 0.277 e. The predicted molar refractivity (Wildman–Crippen MR) is 97.8 cm³/mol. The van der Waals surface area contributed by atoms with Crippen molar-refractivity contribution in [2.24, 2.45) is 0 Å². The number of rotatable bonds is 5. The molecule has 0 bridgehead atoms. The van der Waals surface area contributed by atoms with E-state index in [-0.39, 0.29) is 22.8 Å². The van der Waals surface area contributed by atoms with Crippen molar-refractivity contribution < 1.29 is 13.6 Å². The minimum Gasteiger partial charge on any atom is -0.411 e. The van der Waals surface area contributed by atoms with Crippen molar-refractivity contribution in [3.05, 3.63) is 58.8 Å². The summed E-state index contributed by atoms with van der Waals surface area (Å²) in [5, 5.41) is 10.5. The van der Waals surface area contributed by atoms with Crippen LogP contribution in [0.1, 0.15) is 6.92 Å². The third kappa shape index (κ3) is 4.67. The second-order valence-electron chi connectivity index (χ2n) is 5.14. The largest absolute Gasteiger partial charge is 0.411 e. The first-order valence-electron chi connectivity index (χ1n) is 7.34. The fourth-order valence-electron chi connectivity index (χ4n) is 1.95. The van der Waals surface area contributed by atoms with Crippen molar-refractivity contribution >= 4 is 39.3 Å². The highest BCUT2D eigenvalue weighted by Gasteiger charge is 2.19. The molecule has 1 N–H and O–H groups in total. The van der Waals surface area contributed by atoms with Gasteiger partial charge in [0.15, 0.2) is 0 Å². The highest BCUT2D eigenvalue weighted by Crippen LogP contribution is 2.27. The highest BCUT2D eigenvalue weighted by atomic mass is 79.9. The van der Waals surface area contributed by atoms with Crippen LogP contribution in [-0.4, -0.2) is 21.4 Å². The molecule has 1 atom stereocenters. The van der Waals surface area contributed by atoms with Crippen LogP contribution in [-0.2, 0) is 4.79 Å². The van der Waals surface area contributed by atoms with Gasteiger partial charge < -0.3 is 9.73 Å². The number of hydrogen-bond donors (Lipinski definition) is 1. The monoisotopic (exact) mass is 421 g/mol. The minimum atomic E-state index is -0.426. The topological polar surface area (TPSA) is 68.0 Å². The molecule has 3 rings (SSSR count). The molecule has 128 valence electrons. The van der Waals surface area contributed by atoms with Gasteiger partial charge >= 0.3 is 0 Å². The molecule has 0 aliphatic carbocycles. The summed E-state index contributed by atoms with van der Waals surface area (Å²) >= 11 is 4.50. The fraction of sp³-hybridized carbons (Fsp3) is 0.118. The number of nitrogens with one attached hydrogen (secondary N) is 1. The Morgan fingerprint density at radius 2 is 1.84 bits per heavy atom. The predicted octanol–water partition coefficient (Wildman–Crippen LogP) is 4.76. The van der Waals surface area contributed by atoms with E-state index in [0.29, 0.717) is 11.3 Å². The van der Waals surface area contributed by atoms with Crippen LogP contribution in [0, 0.1) is 5.82 Å². The van der Waals surface area contributed by atoms with Crippen molar-refractivity contribution in [3.8, 4) is 11.5 Å². The highest BCUT2D eigenvalue weighted by molar-refractivity contribution is 9.10. The maximum atomic E-state index is 13.0. The Morgan fingerprint density at radius 3 is 2.52 bits per heavy atom. The lowest BCUT2D eigenvalue weighted by atomic mass is 10.2. The van der Waals surface area contributed by atoms with E-state index >= 15 is 0 Å². The average molecular weight is 422 g/mol. The normalized spacial score (nSPS) is 12.0. The van der Waals surface area contributed by atoms with E-state index in [9.17, 15) is 9.18 Å². The van der Waals surface area contributed by atoms with E-state index < -0.39 is 5.25 Å². The number of amides is 1. The van der Waals surface area contributed by atoms with Crippen molar-refractivity contribution in [1.82, 2.24) is 10.2 Å². The first-order valence-corrected chi connectivity index (χ1v) is 9.01. The Bertz CT molecular complexity index is 868. The van der Waals surface area contributed by atoms with Crippen molar-refractivity contribution in [1.29, 1.82) is 0 Å². The zero-order chi connectivity index (χ0) is 17.8. The van der Waals surface area contributed by atoms with Gasteiger partial charge in [-0.15, -0.1) is 10.2 Å². The lowest BCUT2D eigenvalue weighted by molar-refractivity contribution is -0.115. The number of halogens is 2. The van der Waals surface area contributed by atoms with Crippen molar-refractivity contribution in [3.63, 3.8) is 0 Å². The first kappa shape index (κ1) is 17.6. The number of anilines is 1. The van der Waals surface area contributed by atoms with E-state index in [1.807, 2.05) is 12.1 Å². The quantitative estimate of drug-likeness (QED) is 0.601. The van der Waals surface area contributed by atoms with Gasteiger partial charge in [0.25, 0.3) is 5.22 Å². The van der Waals surface area contributed by atoms with Crippen LogP contribution >= 0.6 is 27.7 Å². The van der Waals surface area contributed by atoms with Gasteiger partial charge in [0.05, 0.1) is 5.25 Å². The Kier molecular flexibility index (Phi) is 5.50. The summed E-state index contributed by atoms with van der Waals surface area (Å²) in [6.45, 7) is 1.75. The first-order chi connectivity index (χ1) is 12.0. The zero-order valence-electron chi connectivity index (χ0n) is 13.1. The second-order valence-corrected chi connectivity index (χ2v) is 7.34. The van der Waals surface area contributed by atoms with Crippen LogP contribution in [0.15, 0.2) is 62.6 Å². The molecular formula is C17H13BrFN3O2S. The van der Waals surface area contributed by atoms with Crippen LogP contribution in [0.3, 0.4) is 0 Å². The molecule has 1 heterocycles. The van der Waals surface area contributed by atoms with Gasteiger partial charge in [0.2, 0.25) is 11.8 Å². The van der Waals surface area contributed by atoms with Crippen LogP contribution in [0.25, 0.3) is 11.5 Å². The van der Waals surface area contributed by atoms with Gasteiger partial charge in [-0.05, 0) is 55.5 Å². The standard InChI is InChI=1S/C17H13BrFN3O2S/c1-10(15(23)20-14-8-4-12(18)5-9-14)25-17-22-21-16(24-17)11-2-6-13(19)7-3-11/h2-10H,1H3,(H,20,23)/t10-/m0/s1. The van der Waals surface area contributed by atoms with E-state index in [0.717, 1.165) is 16.2 Å². The third-order valence-electron chi connectivity index (χ3n) is 3.26. The summed E-state index contributed by atoms with van der Waals surface area (Å²) in [6.07, 6.45) is 0. The number of hydrogen-bond acceptors (Lipinski definition) is 5. The molecular weight excluding hydrogens is 409 g/mol. The van der Waals surface area contributed by atoms with Gasteiger partial charge in [0.1, 0.15) is 5.82 Å². The van der Waals surface area contributed by atoms with Gasteiger partial charge in [-0.3, -0.25) is 4.79 Å². The van der Waals surface area contributed by atoms with Gasteiger partial charge in [-0.25, -0.2) is 4.39 Å². The van der Waals surface area contributed by atoms with Gasteiger partial charge in [-0.1, -0.05) is 27.7 Å². The number of thioether (sulfide) groups is 1. The van der Waals surface area contributed by atoms with E-state index in [1.165, 1.54) is 12.1 Å². The summed E-state index contributed by atoms with van der Waals surface area (Å²) in [5.74, 6) is -0.229. The Labute approximate surface area is 156 Å². The molecule has 0 spiro atoms. The fourth-order valence-corrected chi connectivity index (χ4v) is 2.90. The maximum absolute atomic E-state index is 13.0. The molecule has 0 fully saturated rings. The lowest BCUT2D eigenvalue weighted by Crippen LogP contribution is -2.22. The van der Waals surface area contributed by atoms with Crippen LogP contribution < -0.4 is 5.32 Å². The SMILES string of the molecule is C[C@H](Sc1nnc(-c2ccc(F)cc2)o1)C(=O)Nc1ccc(Br)cc1. The molecule has 2 aromatic carbocycles. The van der Waals surface area contributed by atoms with Gasteiger partial charge in [-0.2, -0.15) is 0 Å². The maximum Gasteiger partial charge on any atom is 0.277 e. The number of carbonyl (C=O) groups is 1. The molecule has 1 aromatic heterocycles. The second kappa shape index (κ2) is 7.79. The molecule has 0 aliphatic heterocycles. The molecule has 8 heteroatoms. The molecule has 0 unspecified atom stereocenters. The molecule has 0 aliphatic rings. The van der Waals surface area contributed by atoms with E-state index in [2.05, 4.69) is 31.4 Å². The summed E-state index contributed by atoms with van der Waals surface area (Å²) in [5.41, 5.74) is 1.32. The number of benzene rings is 2. The summed E-state index contributed by atoms with van der Waals surface area (Å²) in [6, 6.07) is 13.1. The van der Waals surface area contributed by atoms with Crippen LogP contribution in [0.5, 0.6) is 0 Å². The van der Waals surface area contributed by atoms with E-state index in [4.69, 9.17) is 4.42 Å². The summed E-state index contributed by atoms with van der Waals surface area (Å²) in [7, 11) is 0. The average Bonchev–Trinajstić information content (AvgIpc) is 3.06. The number of aromatic nitrogens is 2. The Balaban J connectivity index is 1.62. The number of nitrogens with zero attached hydrogens (tertiary/aromatic N) is 2. The molecule has 0 saturated carbocycles. The van der Waals surface area contributed by atoms with E-state index in [1.54, 1.807) is 31.2 Å². The minimum absolute atomic E-state index is 0.172. The lowest BCUT2D eigenvalue weighted by Gasteiger charge is -2.09. The Hall–Kier alpha value is -2.19. The Morgan fingerprint density at radius 1 is 1.16 bits per heavy atom. The van der Waals surface area contributed by atoms with Gasteiger partial charge in [0, 0.05) is 15.7 Å². The molecule has 1 amide bonds. The van der Waals surface area contributed by atoms with Crippen LogP contribution in [0.2, 0.25) is 0 Å². The summed E-state index contributed by atoms with van der Waals surface area (Å²) in [4.78, 5) is 12.2. The molecule has 3 aromatic rings. The third-order valence-corrected chi connectivity index (χ3v) is 4.72. The van der Waals surface area contributed by atoms with Crippen molar-refractivity contribution in [2.45, 2.75) is 17.4 Å². The molecule has 5 nitrogen and oxygen atoms in total. The zero-order valence-corrected chi connectivity index (χ0v) is 15.5. The van der Waals surface area contributed by atoms with Crippen LogP contribution in [0.4, 0.5) is 10.1 Å². The molecule has 0 saturated heterocycles. The summed E-state index contributed by atoms with van der Waals surface area (Å²) < 4.78 is 19.4. The molecule has 0 radical (unpaired) electrons.